The van der Waals surface area contributed by atoms with Crippen molar-refractivity contribution in [3.05, 3.63) is 54.1 Å². The van der Waals surface area contributed by atoms with Crippen LogP contribution in [-0.4, -0.2) is 0 Å². The van der Waals surface area contributed by atoms with Crippen LogP contribution >= 0.6 is 62.1 Å². The molecule has 0 saturated heterocycles. The van der Waals surface area contributed by atoms with E-state index in [4.69, 9.17) is 34.8 Å². The summed E-state index contributed by atoms with van der Waals surface area (Å²) in [4.78, 5) is 1.02. The van der Waals surface area contributed by atoms with Gasteiger partial charge in [0, 0.05) is 14.4 Å². The predicted octanol–water partition coefficient (Wildman–Crippen LogP) is 6.45. The standard InChI is InChI=1S/C12H8BrCl3S/c1-6-4-7(2-3-9(6)14)11(15)10-5-8(13)12(16)17-10/h2-5,11H,1H3. The van der Waals surface area contributed by atoms with Gasteiger partial charge in [0.05, 0.1) is 5.38 Å². The smallest absolute Gasteiger partial charge is 0.107 e. The molecule has 0 radical (unpaired) electrons. The third kappa shape index (κ3) is 2.99. The molecular weight excluding hydrogens is 362 g/mol. The number of alkyl halides is 1. The molecule has 0 aliphatic carbocycles. The maximum Gasteiger partial charge on any atom is 0.107 e. The molecule has 1 unspecified atom stereocenters. The van der Waals surface area contributed by atoms with Crippen LogP contribution in [0.3, 0.4) is 0 Å². The van der Waals surface area contributed by atoms with E-state index in [9.17, 15) is 0 Å². The van der Waals surface area contributed by atoms with Crippen molar-refractivity contribution in [3.63, 3.8) is 0 Å². The molecule has 1 heterocycles. The second-order valence-corrected chi connectivity index (χ2v) is 7.03. The van der Waals surface area contributed by atoms with E-state index in [2.05, 4.69) is 15.9 Å². The molecule has 0 nitrogen and oxygen atoms in total. The minimum Gasteiger partial charge on any atom is -0.125 e. The van der Waals surface area contributed by atoms with Crippen LogP contribution in [0.1, 0.15) is 21.4 Å². The first-order chi connectivity index (χ1) is 7.99. The molecule has 0 fully saturated rings. The lowest BCUT2D eigenvalue weighted by atomic mass is 10.1. The summed E-state index contributed by atoms with van der Waals surface area (Å²) in [5.74, 6) is 0. The van der Waals surface area contributed by atoms with E-state index < -0.39 is 0 Å². The molecular formula is C12H8BrCl3S. The number of aryl methyl sites for hydroxylation is 1. The highest BCUT2D eigenvalue weighted by Crippen LogP contribution is 2.40. The Morgan fingerprint density at radius 2 is 1.94 bits per heavy atom. The number of thiophene rings is 1. The summed E-state index contributed by atoms with van der Waals surface area (Å²) < 4.78 is 1.60. The van der Waals surface area contributed by atoms with Gasteiger partial charge in [0.1, 0.15) is 4.34 Å². The normalized spacial score (nSPS) is 12.8. The Morgan fingerprint density at radius 1 is 1.24 bits per heavy atom. The fraction of sp³-hybridized carbons (Fsp3) is 0.167. The highest BCUT2D eigenvalue weighted by molar-refractivity contribution is 9.10. The molecule has 5 heteroatoms. The molecule has 17 heavy (non-hydrogen) atoms. The molecule has 2 aromatic rings. The van der Waals surface area contributed by atoms with Gasteiger partial charge in [-0.25, -0.2) is 0 Å². The Hall–Kier alpha value is 0.270. The molecule has 1 atom stereocenters. The van der Waals surface area contributed by atoms with E-state index in [1.54, 1.807) is 0 Å². The fourth-order valence-corrected chi connectivity index (χ4v) is 3.67. The van der Waals surface area contributed by atoms with E-state index in [0.717, 1.165) is 29.8 Å². The van der Waals surface area contributed by atoms with Crippen molar-refractivity contribution < 1.29 is 0 Å². The zero-order valence-electron chi connectivity index (χ0n) is 8.81. The maximum atomic E-state index is 6.43. The summed E-state index contributed by atoms with van der Waals surface area (Å²) in [5, 5.41) is 0.558. The van der Waals surface area contributed by atoms with Crippen molar-refractivity contribution in [2.45, 2.75) is 12.3 Å². The number of rotatable bonds is 2. The highest BCUT2D eigenvalue weighted by atomic mass is 79.9. The number of hydrogen-bond donors (Lipinski definition) is 0. The quantitative estimate of drug-likeness (QED) is 0.533. The summed E-state index contributed by atoms with van der Waals surface area (Å²) in [6, 6.07) is 7.76. The Morgan fingerprint density at radius 3 is 2.47 bits per heavy atom. The largest absolute Gasteiger partial charge is 0.125 e. The molecule has 1 aromatic carbocycles. The molecule has 90 valence electrons. The lowest BCUT2D eigenvalue weighted by molar-refractivity contribution is 1.17. The first-order valence-electron chi connectivity index (χ1n) is 4.84. The molecule has 0 aliphatic heterocycles. The van der Waals surface area contributed by atoms with Crippen LogP contribution in [0.25, 0.3) is 0 Å². The molecule has 0 saturated carbocycles. The third-order valence-corrected chi connectivity index (χ3v) is 5.97. The van der Waals surface area contributed by atoms with E-state index in [1.807, 2.05) is 31.2 Å². The molecule has 0 aliphatic rings. The monoisotopic (exact) mass is 368 g/mol. The predicted molar refractivity (Wildman–Crippen MR) is 80.9 cm³/mol. The van der Waals surface area contributed by atoms with E-state index in [-0.39, 0.29) is 5.38 Å². The van der Waals surface area contributed by atoms with Gasteiger partial charge >= 0.3 is 0 Å². The lowest BCUT2D eigenvalue weighted by Crippen LogP contribution is -1.91. The number of halogens is 4. The van der Waals surface area contributed by atoms with Crippen LogP contribution < -0.4 is 0 Å². The SMILES string of the molecule is Cc1cc(C(Cl)c2cc(Br)c(Cl)s2)ccc1Cl. The van der Waals surface area contributed by atoms with Crippen molar-refractivity contribution >= 4 is 62.1 Å². The van der Waals surface area contributed by atoms with Crippen LogP contribution in [0.15, 0.2) is 28.7 Å². The highest BCUT2D eigenvalue weighted by Gasteiger charge is 2.16. The second kappa shape index (κ2) is 5.50. The van der Waals surface area contributed by atoms with Crippen LogP contribution in [0.5, 0.6) is 0 Å². The van der Waals surface area contributed by atoms with Crippen molar-refractivity contribution in [1.29, 1.82) is 0 Å². The van der Waals surface area contributed by atoms with E-state index in [0.29, 0.717) is 0 Å². The molecule has 0 N–H and O–H groups in total. The van der Waals surface area contributed by atoms with Crippen molar-refractivity contribution in [3.8, 4) is 0 Å². The van der Waals surface area contributed by atoms with Gasteiger partial charge < -0.3 is 0 Å². The van der Waals surface area contributed by atoms with Gasteiger partial charge in [-0.3, -0.25) is 0 Å². The molecule has 0 bridgehead atoms. The van der Waals surface area contributed by atoms with Gasteiger partial charge in [0.15, 0.2) is 0 Å². The van der Waals surface area contributed by atoms with Crippen molar-refractivity contribution in [1.82, 2.24) is 0 Å². The Kier molecular flexibility index (Phi) is 4.43. The van der Waals surface area contributed by atoms with Gasteiger partial charge in [0.2, 0.25) is 0 Å². The summed E-state index contributed by atoms with van der Waals surface area (Å²) >= 11 is 23.3. The van der Waals surface area contributed by atoms with Crippen molar-refractivity contribution in [2.75, 3.05) is 0 Å². The molecule has 1 aromatic heterocycles. The minimum absolute atomic E-state index is 0.195. The summed E-state index contributed by atoms with van der Waals surface area (Å²) in [7, 11) is 0. The molecule has 0 spiro atoms. The minimum atomic E-state index is -0.195. The van der Waals surface area contributed by atoms with Gasteiger partial charge in [-0.05, 0) is 46.1 Å². The van der Waals surface area contributed by atoms with Gasteiger partial charge in [-0.1, -0.05) is 35.3 Å². The molecule has 0 amide bonds. The van der Waals surface area contributed by atoms with Crippen molar-refractivity contribution in [2.24, 2.45) is 0 Å². The summed E-state index contributed by atoms with van der Waals surface area (Å²) in [5.41, 5.74) is 2.05. The fourth-order valence-electron chi connectivity index (χ4n) is 1.48. The summed E-state index contributed by atoms with van der Waals surface area (Å²) in [6.45, 7) is 1.97. The lowest BCUT2D eigenvalue weighted by Gasteiger charge is -2.09. The van der Waals surface area contributed by atoms with Crippen LogP contribution in [0, 0.1) is 6.92 Å². The Bertz CT molecular complexity index is 531. The average molecular weight is 371 g/mol. The zero-order valence-corrected chi connectivity index (χ0v) is 13.5. The van der Waals surface area contributed by atoms with E-state index >= 15 is 0 Å². The number of benzene rings is 1. The second-order valence-electron chi connectivity index (χ2n) is 3.64. The number of hydrogen-bond acceptors (Lipinski definition) is 1. The van der Waals surface area contributed by atoms with E-state index in [1.165, 1.54) is 11.3 Å². The van der Waals surface area contributed by atoms with Crippen LogP contribution in [0.2, 0.25) is 9.36 Å². The first kappa shape index (κ1) is 13.7. The summed E-state index contributed by atoms with van der Waals surface area (Å²) in [6.07, 6.45) is 0. The van der Waals surface area contributed by atoms with Crippen LogP contribution in [0.4, 0.5) is 0 Å². The Balaban J connectivity index is 2.36. The maximum absolute atomic E-state index is 6.43. The van der Waals surface area contributed by atoms with Gasteiger partial charge in [0.25, 0.3) is 0 Å². The van der Waals surface area contributed by atoms with Crippen LogP contribution in [-0.2, 0) is 0 Å². The zero-order chi connectivity index (χ0) is 12.6. The molecule has 2 rings (SSSR count). The third-order valence-electron chi connectivity index (χ3n) is 2.39. The van der Waals surface area contributed by atoms with Gasteiger partial charge in [-0.15, -0.1) is 22.9 Å². The van der Waals surface area contributed by atoms with Gasteiger partial charge in [-0.2, -0.15) is 0 Å². The first-order valence-corrected chi connectivity index (χ1v) is 7.64. The Labute approximate surface area is 128 Å². The average Bonchev–Trinajstić information content (AvgIpc) is 2.62. The topological polar surface area (TPSA) is 0 Å².